The van der Waals surface area contributed by atoms with E-state index in [9.17, 15) is 4.79 Å². The van der Waals surface area contributed by atoms with Crippen molar-refractivity contribution in [1.29, 1.82) is 0 Å². The van der Waals surface area contributed by atoms with Crippen molar-refractivity contribution in [3.05, 3.63) is 53.1 Å². The Hall–Kier alpha value is -2.15. The fourth-order valence-corrected chi connectivity index (χ4v) is 3.89. The van der Waals surface area contributed by atoms with Crippen molar-refractivity contribution in [2.45, 2.75) is 13.8 Å². The van der Waals surface area contributed by atoms with Crippen LogP contribution in [0.4, 0.5) is 5.13 Å². The standard InChI is InChI=1S/C21H25N3O2S.ClH/c1-14-9-10-15(2)16(13-14)20(25)24(12-11-23(3)4)21-22-19-17(26-5)7-6-8-18(19)27-21;/h6-10,13H,11-12H2,1-5H3;1H. The third-order valence-corrected chi connectivity index (χ3v) is 5.50. The van der Waals surface area contributed by atoms with Gasteiger partial charge in [0.05, 0.1) is 11.8 Å². The Labute approximate surface area is 176 Å². The maximum absolute atomic E-state index is 13.4. The number of methoxy groups -OCH3 is 1. The van der Waals surface area contributed by atoms with Crippen molar-refractivity contribution in [2.75, 3.05) is 39.2 Å². The highest BCUT2D eigenvalue weighted by Crippen LogP contribution is 2.34. The van der Waals surface area contributed by atoms with Crippen molar-refractivity contribution in [1.82, 2.24) is 9.88 Å². The van der Waals surface area contributed by atoms with Gasteiger partial charge in [-0.1, -0.05) is 35.1 Å². The van der Waals surface area contributed by atoms with E-state index in [1.807, 2.05) is 64.3 Å². The average molecular weight is 420 g/mol. The molecule has 5 nitrogen and oxygen atoms in total. The minimum absolute atomic E-state index is 0. The van der Waals surface area contributed by atoms with E-state index in [2.05, 4.69) is 4.90 Å². The molecular formula is C21H26ClN3O2S. The lowest BCUT2D eigenvalue weighted by Gasteiger charge is -2.23. The maximum atomic E-state index is 13.4. The molecule has 0 atom stereocenters. The second-order valence-electron chi connectivity index (χ2n) is 6.88. The van der Waals surface area contributed by atoms with Crippen LogP contribution in [0.5, 0.6) is 5.75 Å². The van der Waals surface area contributed by atoms with Gasteiger partial charge in [0.15, 0.2) is 5.13 Å². The number of amides is 1. The Bertz CT molecular complexity index is 971. The van der Waals surface area contributed by atoms with Gasteiger partial charge in [-0.25, -0.2) is 4.98 Å². The van der Waals surface area contributed by atoms with Gasteiger partial charge in [-0.05, 0) is 51.7 Å². The summed E-state index contributed by atoms with van der Waals surface area (Å²) in [5.41, 5.74) is 3.56. The van der Waals surface area contributed by atoms with Gasteiger partial charge < -0.3 is 9.64 Å². The number of carbonyl (C=O) groups is 1. The highest BCUT2D eigenvalue weighted by atomic mass is 35.5. The number of fused-ring (bicyclic) bond motifs is 1. The summed E-state index contributed by atoms with van der Waals surface area (Å²) in [6.45, 7) is 5.30. The van der Waals surface area contributed by atoms with Gasteiger partial charge in [0, 0.05) is 18.7 Å². The van der Waals surface area contributed by atoms with Crippen LogP contribution in [0.15, 0.2) is 36.4 Å². The van der Waals surface area contributed by atoms with Crippen LogP contribution in [-0.4, -0.2) is 50.1 Å². The summed E-state index contributed by atoms with van der Waals surface area (Å²) in [6.07, 6.45) is 0. The Balaban J connectivity index is 0.00000280. The highest BCUT2D eigenvalue weighted by Gasteiger charge is 2.23. The zero-order valence-electron chi connectivity index (χ0n) is 16.9. The molecule has 7 heteroatoms. The summed E-state index contributed by atoms with van der Waals surface area (Å²) < 4.78 is 6.44. The van der Waals surface area contributed by atoms with Crippen LogP contribution in [0, 0.1) is 13.8 Å². The van der Waals surface area contributed by atoms with Gasteiger partial charge in [-0.15, -0.1) is 12.4 Å². The summed E-state index contributed by atoms with van der Waals surface area (Å²) in [5.74, 6) is 0.706. The molecule has 0 N–H and O–H groups in total. The average Bonchev–Trinajstić information content (AvgIpc) is 3.07. The van der Waals surface area contributed by atoms with Gasteiger partial charge in [0.1, 0.15) is 11.3 Å². The number of nitrogens with zero attached hydrogens (tertiary/aromatic N) is 3. The van der Waals surface area contributed by atoms with Crippen LogP contribution < -0.4 is 9.64 Å². The molecule has 1 aromatic heterocycles. The van der Waals surface area contributed by atoms with E-state index >= 15 is 0 Å². The van der Waals surface area contributed by atoms with E-state index in [0.29, 0.717) is 11.7 Å². The first-order valence-electron chi connectivity index (χ1n) is 8.88. The number of anilines is 1. The lowest BCUT2D eigenvalue weighted by atomic mass is 10.0. The van der Waals surface area contributed by atoms with Crippen LogP contribution in [0.3, 0.4) is 0 Å². The molecule has 0 unspecified atom stereocenters. The molecule has 3 aromatic rings. The van der Waals surface area contributed by atoms with Crippen LogP contribution in [0.25, 0.3) is 10.2 Å². The molecule has 0 aliphatic carbocycles. The molecule has 0 fully saturated rings. The molecular weight excluding hydrogens is 394 g/mol. The minimum atomic E-state index is -0.0175. The summed E-state index contributed by atoms with van der Waals surface area (Å²) in [5, 5.41) is 0.697. The Morgan fingerprint density at radius 2 is 1.89 bits per heavy atom. The third kappa shape index (κ3) is 4.63. The summed E-state index contributed by atoms with van der Waals surface area (Å²) in [4.78, 5) is 22.0. The first kappa shape index (κ1) is 22.1. The molecule has 0 spiro atoms. The lowest BCUT2D eigenvalue weighted by molar-refractivity contribution is 0.0984. The van der Waals surface area contributed by atoms with Gasteiger partial charge in [0.25, 0.3) is 5.91 Å². The van der Waals surface area contributed by atoms with Gasteiger partial charge in [0.2, 0.25) is 0 Å². The van der Waals surface area contributed by atoms with Crippen molar-refractivity contribution in [3.63, 3.8) is 0 Å². The maximum Gasteiger partial charge on any atom is 0.260 e. The van der Waals surface area contributed by atoms with Gasteiger partial charge in [-0.2, -0.15) is 0 Å². The monoisotopic (exact) mass is 419 g/mol. The Morgan fingerprint density at radius 3 is 2.57 bits per heavy atom. The number of aryl methyl sites for hydroxylation is 2. The van der Waals surface area contributed by atoms with Gasteiger partial charge in [-0.3, -0.25) is 9.69 Å². The number of hydrogen-bond donors (Lipinski definition) is 0. The topological polar surface area (TPSA) is 45.7 Å². The van der Waals surface area contributed by atoms with E-state index in [0.717, 1.165) is 39.2 Å². The summed E-state index contributed by atoms with van der Waals surface area (Å²) >= 11 is 1.52. The number of likely N-dealkylation sites (N-methyl/N-ethyl adjacent to an activating group) is 1. The summed E-state index contributed by atoms with van der Waals surface area (Å²) in [6, 6.07) is 11.8. The molecule has 28 heavy (non-hydrogen) atoms. The Kier molecular flexibility index (Phi) is 7.41. The quantitative estimate of drug-likeness (QED) is 0.587. The summed E-state index contributed by atoms with van der Waals surface area (Å²) in [7, 11) is 5.64. The molecule has 0 aliphatic heterocycles. The van der Waals surface area contributed by atoms with Crippen LogP contribution >= 0.6 is 23.7 Å². The van der Waals surface area contributed by atoms with Crippen LogP contribution in [0.2, 0.25) is 0 Å². The first-order valence-corrected chi connectivity index (χ1v) is 9.69. The third-order valence-electron chi connectivity index (χ3n) is 4.46. The molecule has 0 saturated heterocycles. The molecule has 0 aliphatic rings. The van der Waals surface area contributed by atoms with E-state index in [-0.39, 0.29) is 18.3 Å². The molecule has 1 amide bonds. The number of carbonyl (C=O) groups excluding carboxylic acids is 1. The number of para-hydroxylation sites is 1. The van der Waals surface area contributed by atoms with Gasteiger partial charge >= 0.3 is 0 Å². The minimum Gasteiger partial charge on any atom is -0.494 e. The second kappa shape index (κ2) is 9.37. The number of aromatic nitrogens is 1. The highest BCUT2D eigenvalue weighted by molar-refractivity contribution is 7.22. The van der Waals surface area contributed by atoms with E-state index in [1.54, 1.807) is 12.0 Å². The predicted molar refractivity (Wildman–Crippen MR) is 120 cm³/mol. The Morgan fingerprint density at radius 1 is 1.14 bits per heavy atom. The van der Waals surface area contributed by atoms with Crippen molar-refractivity contribution < 1.29 is 9.53 Å². The smallest absolute Gasteiger partial charge is 0.260 e. The zero-order valence-corrected chi connectivity index (χ0v) is 18.5. The molecule has 0 radical (unpaired) electrons. The number of halogens is 1. The van der Waals surface area contributed by atoms with Crippen molar-refractivity contribution >= 4 is 45.0 Å². The zero-order chi connectivity index (χ0) is 19.6. The SMILES string of the molecule is COc1cccc2sc(N(CCN(C)C)C(=O)c3cc(C)ccc3C)nc12.Cl. The van der Waals surface area contributed by atoms with E-state index in [1.165, 1.54) is 11.3 Å². The van der Waals surface area contributed by atoms with E-state index < -0.39 is 0 Å². The molecule has 0 bridgehead atoms. The normalized spacial score (nSPS) is 10.8. The lowest BCUT2D eigenvalue weighted by Crippen LogP contribution is -2.37. The molecule has 1 heterocycles. The molecule has 3 rings (SSSR count). The first-order chi connectivity index (χ1) is 12.9. The molecule has 0 saturated carbocycles. The number of benzene rings is 2. The largest absolute Gasteiger partial charge is 0.494 e. The number of rotatable bonds is 6. The molecule has 150 valence electrons. The fourth-order valence-electron chi connectivity index (χ4n) is 2.89. The van der Waals surface area contributed by atoms with Crippen LogP contribution in [0.1, 0.15) is 21.5 Å². The number of hydrogen-bond acceptors (Lipinski definition) is 5. The number of thiazole rings is 1. The fraction of sp³-hybridized carbons (Fsp3) is 0.333. The predicted octanol–water partition coefficient (Wildman–Crippen LogP) is 4.55. The van der Waals surface area contributed by atoms with Crippen LogP contribution in [-0.2, 0) is 0 Å². The second-order valence-corrected chi connectivity index (χ2v) is 7.89. The number of ether oxygens (including phenoxy) is 1. The van der Waals surface area contributed by atoms with Crippen molar-refractivity contribution in [3.8, 4) is 5.75 Å². The molecule has 2 aromatic carbocycles. The van der Waals surface area contributed by atoms with Crippen molar-refractivity contribution in [2.24, 2.45) is 0 Å². The van der Waals surface area contributed by atoms with E-state index in [4.69, 9.17) is 9.72 Å².